The molecule has 2 aliphatic heterocycles. The maximum atomic E-state index is 14.3. The molecule has 0 aromatic heterocycles. The number of rotatable bonds is 10. The first-order valence-corrected chi connectivity index (χ1v) is 17.5. The van der Waals surface area contributed by atoms with Crippen molar-refractivity contribution in [2.24, 2.45) is 11.3 Å². The minimum atomic E-state index is -4.15. The number of hydrogen-bond donors (Lipinski definition) is 3. The number of carbonyl (C=O) groups is 5. The van der Waals surface area contributed by atoms with Gasteiger partial charge in [-0.25, -0.2) is 31.2 Å². The fraction of sp³-hybridized carbons (Fsp3) is 0.645. The maximum Gasteiger partial charge on any atom is 0.410 e. The molecule has 5 atom stereocenters. The number of ether oxygens (including phenoxy) is 2. The number of alkyl halides is 2. The topological polar surface area (TPSA) is 181 Å². The highest BCUT2D eigenvalue weighted by Gasteiger charge is 2.67. The number of nitrogens with one attached hydrogen (secondary N) is 3. The highest BCUT2D eigenvalue weighted by Crippen LogP contribution is 2.48. The third-order valence-corrected chi connectivity index (χ3v) is 11.0. The number of halogens is 3. The number of nitrogens with zero attached hydrogens (tertiary/aromatic N) is 2. The lowest BCUT2D eigenvalue weighted by Gasteiger charge is -2.35. The quantitative estimate of drug-likeness (QED) is 0.327. The van der Waals surface area contributed by atoms with E-state index >= 15 is 0 Å². The number of sulfonamides is 1. The Morgan fingerprint density at radius 3 is 2.37 bits per heavy atom. The summed E-state index contributed by atoms with van der Waals surface area (Å²) in [4.78, 5) is 69.0. The van der Waals surface area contributed by atoms with Crippen LogP contribution in [0, 0.1) is 17.2 Å². The molecule has 0 bridgehead atoms. The molecule has 49 heavy (non-hydrogen) atoms. The van der Waals surface area contributed by atoms with E-state index in [2.05, 4.69) is 10.6 Å². The minimum absolute atomic E-state index is 0.000156. The van der Waals surface area contributed by atoms with Crippen molar-refractivity contribution in [2.45, 2.75) is 102 Å². The Bertz CT molecular complexity index is 1630. The highest BCUT2D eigenvalue weighted by molar-refractivity contribution is 7.91. The predicted octanol–water partition coefficient (Wildman–Crippen LogP) is 2.16. The molecule has 1 aromatic carbocycles. The molecule has 0 radical (unpaired) electrons. The van der Waals surface area contributed by atoms with E-state index in [1.165, 1.54) is 17.0 Å². The van der Waals surface area contributed by atoms with Gasteiger partial charge in [-0.05, 0) is 43.2 Å². The van der Waals surface area contributed by atoms with E-state index in [1.807, 2.05) is 4.72 Å². The Morgan fingerprint density at radius 2 is 1.80 bits per heavy atom. The van der Waals surface area contributed by atoms with Crippen LogP contribution < -0.4 is 15.4 Å². The number of likely N-dealkylation sites (tertiary alicyclic amines) is 1. The van der Waals surface area contributed by atoms with Gasteiger partial charge in [0.15, 0.2) is 0 Å². The molecule has 3 N–H and O–H groups in total. The van der Waals surface area contributed by atoms with E-state index in [0.29, 0.717) is 24.0 Å². The molecule has 2 saturated carbocycles. The second kappa shape index (κ2) is 13.3. The Labute approximate surface area is 281 Å². The van der Waals surface area contributed by atoms with Gasteiger partial charge >= 0.3 is 12.2 Å². The molecule has 1 unspecified atom stereocenters. The molecule has 14 nitrogen and oxygen atoms in total. The van der Waals surface area contributed by atoms with Crippen LogP contribution >= 0.6 is 0 Å². The van der Waals surface area contributed by atoms with Gasteiger partial charge in [-0.15, -0.1) is 0 Å². The highest BCUT2D eigenvalue weighted by atomic mass is 32.2. The van der Waals surface area contributed by atoms with Crippen LogP contribution in [0.25, 0.3) is 0 Å². The van der Waals surface area contributed by atoms with Gasteiger partial charge in [0, 0.05) is 18.5 Å². The maximum absolute atomic E-state index is 14.3. The SMILES string of the molecule is CCOC(=O)N[C@H](C(=O)N1C[C@H](OC(=O)N2Cc3cccc(F)c3C2)CC1C(=O)N[C@@]1(C(=O)NS(=O)(=O)C2CC2)C[C@H]1C(F)F)C(C)(C)C. The van der Waals surface area contributed by atoms with Crippen LogP contribution in [-0.2, 0) is 47.0 Å². The van der Waals surface area contributed by atoms with Crippen LogP contribution in [0.4, 0.5) is 22.8 Å². The predicted molar refractivity (Wildman–Crippen MR) is 165 cm³/mol. The zero-order chi connectivity index (χ0) is 36.1. The fourth-order valence-electron chi connectivity index (χ4n) is 6.25. The molecule has 3 fully saturated rings. The number of hydrogen-bond acceptors (Lipinski definition) is 9. The van der Waals surface area contributed by atoms with Gasteiger partial charge in [0.25, 0.3) is 5.91 Å². The summed E-state index contributed by atoms with van der Waals surface area (Å²) >= 11 is 0. The molecule has 270 valence electrons. The number of amides is 5. The lowest BCUT2D eigenvalue weighted by molar-refractivity contribution is -0.143. The smallest absolute Gasteiger partial charge is 0.410 e. The van der Waals surface area contributed by atoms with Gasteiger partial charge in [-0.2, -0.15) is 0 Å². The first kappa shape index (κ1) is 36.2. The van der Waals surface area contributed by atoms with Crippen LogP contribution in [0.2, 0.25) is 0 Å². The summed E-state index contributed by atoms with van der Waals surface area (Å²) in [5, 5.41) is 3.95. The average molecular weight is 716 g/mol. The zero-order valence-electron chi connectivity index (χ0n) is 27.5. The third-order valence-electron chi connectivity index (χ3n) is 9.22. The first-order valence-electron chi connectivity index (χ1n) is 16.0. The summed E-state index contributed by atoms with van der Waals surface area (Å²) < 4.78 is 79.6. The van der Waals surface area contributed by atoms with Crippen molar-refractivity contribution in [3.05, 3.63) is 35.1 Å². The van der Waals surface area contributed by atoms with Crippen LogP contribution in [0.1, 0.15) is 64.5 Å². The molecule has 0 spiro atoms. The van der Waals surface area contributed by atoms with Crippen molar-refractivity contribution in [2.75, 3.05) is 13.2 Å². The fourth-order valence-corrected chi connectivity index (χ4v) is 7.61. The van der Waals surface area contributed by atoms with Crippen molar-refractivity contribution in [1.29, 1.82) is 0 Å². The van der Waals surface area contributed by atoms with Crippen LogP contribution in [-0.4, -0.2) is 96.7 Å². The standard InChI is InChI=1S/C31H40F3N5O9S/c1-5-47-28(43)35-23(30(2,3)4)26(41)39-14-17(48-29(44)38-13-16-7-6-8-21(32)19(16)15-38)11-22(39)25(40)36-31(12-20(31)24(33)34)27(42)37-49(45,46)18-9-10-18/h6-8,17-18,20,22-24H,5,9-15H2,1-4H3,(H,35,43)(H,36,40)(H,37,42)/t17-,20+,22?,23-,31+/m1/s1. The van der Waals surface area contributed by atoms with E-state index in [0.717, 1.165) is 4.90 Å². The Kier molecular flexibility index (Phi) is 9.84. The van der Waals surface area contributed by atoms with Crippen LogP contribution in [0.15, 0.2) is 18.2 Å². The number of alkyl carbamates (subject to hydrolysis) is 1. The second-order valence-corrected chi connectivity index (χ2v) is 15.9. The molecule has 4 aliphatic rings. The molecular weight excluding hydrogens is 675 g/mol. The first-order chi connectivity index (χ1) is 22.9. The van der Waals surface area contributed by atoms with Crippen molar-refractivity contribution < 1.29 is 55.0 Å². The third kappa shape index (κ3) is 7.57. The Balaban J connectivity index is 1.38. The minimum Gasteiger partial charge on any atom is -0.450 e. The van der Waals surface area contributed by atoms with E-state index in [9.17, 15) is 45.6 Å². The van der Waals surface area contributed by atoms with Gasteiger partial charge in [0.1, 0.15) is 29.5 Å². The zero-order valence-corrected chi connectivity index (χ0v) is 28.3. The van der Waals surface area contributed by atoms with Gasteiger partial charge in [0.05, 0.1) is 30.9 Å². The molecule has 2 heterocycles. The van der Waals surface area contributed by atoms with Crippen molar-refractivity contribution >= 4 is 39.9 Å². The van der Waals surface area contributed by atoms with Crippen LogP contribution in [0.5, 0.6) is 0 Å². The lowest BCUT2D eigenvalue weighted by atomic mass is 9.85. The van der Waals surface area contributed by atoms with Gasteiger partial charge in [-0.1, -0.05) is 32.9 Å². The number of fused-ring (bicyclic) bond motifs is 1. The van der Waals surface area contributed by atoms with Crippen molar-refractivity contribution in [3.8, 4) is 0 Å². The van der Waals surface area contributed by atoms with E-state index < -0.39 is 98.9 Å². The van der Waals surface area contributed by atoms with Gasteiger partial charge in [-0.3, -0.25) is 24.0 Å². The second-order valence-electron chi connectivity index (χ2n) is 13.9. The Hall–Kier alpha value is -4.09. The van der Waals surface area contributed by atoms with Crippen molar-refractivity contribution in [3.63, 3.8) is 0 Å². The lowest BCUT2D eigenvalue weighted by Crippen LogP contribution is -2.60. The van der Waals surface area contributed by atoms with Gasteiger partial charge < -0.3 is 25.0 Å². The van der Waals surface area contributed by atoms with E-state index in [4.69, 9.17) is 9.47 Å². The summed E-state index contributed by atoms with van der Waals surface area (Å²) in [6.45, 7) is 6.11. The summed E-state index contributed by atoms with van der Waals surface area (Å²) in [7, 11) is -4.15. The van der Waals surface area contributed by atoms with Crippen molar-refractivity contribution in [1.82, 2.24) is 25.2 Å². The van der Waals surface area contributed by atoms with E-state index in [-0.39, 0.29) is 32.7 Å². The Morgan fingerprint density at radius 1 is 1.10 bits per heavy atom. The summed E-state index contributed by atoms with van der Waals surface area (Å²) in [6, 6.07) is 1.67. The summed E-state index contributed by atoms with van der Waals surface area (Å²) in [5.41, 5.74) is -2.31. The van der Waals surface area contributed by atoms with Gasteiger partial charge in [0.2, 0.25) is 28.3 Å². The molecule has 5 amide bonds. The van der Waals surface area contributed by atoms with Crippen LogP contribution in [0.3, 0.4) is 0 Å². The number of benzene rings is 1. The molecule has 1 aromatic rings. The molecular formula is C31H40F3N5O9S. The molecule has 2 aliphatic carbocycles. The number of carbonyl (C=O) groups excluding carboxylic acids is 5. The summed E-state index contributed by atoms with van der Waals surface area (Å²) in [6.07, 6.45) is -6.25. The summed E-state index contributed by atoms with van der Waals surface area (Å²) in [5.74, 6) is -5.35. The molecule has 1 saturated heterocycles. The molecule has 5 rings (SSSR count). The largest absolute Gasteiger partial charge is 0.450 e. The van der Waals surface area contributed by atoms with E-state index in [1.54, 1.807) is 33.8 Å². The normalized spacial score (nSPS) is 25.3. The molecule has 18 heteroatoms. The average Bonchev–Trinajstić information content (AvgIpc) is 3.90. The monoisotopic (exact) mass is 715 g/mol.